The second-order valence-corrected chi connectivity index (χ2v) is 4.40. The Morgan fingerprint density at radius 2 is 2.24 bits per heavy atom. The summed E-state index contributed by atoms with van der Waals surface area (Å²) in [6.07, 6.45) is -0.892. The molecule has 1 aromatic carbocycles. The van der Waals surface area contributed by atoms with Gasteiger partial charge in [0.05, 0.1) is 27.7 Å². The zero-order chi connectivity index (χ0) is 13.0. The third-order valence-electron chi connectivity index (χ3n) is 2.30. The first-order chi connectivity index (χ1) is 7.97. The highest BCUT2D eigenvalue weighted by Gasteiger charge is 2.18. The van der Waals surface area contributed by atoms with Gasteiger partial charge in [0.15, 0.2) is 0 Å². The summed E-state index contributed by atoms with van der Waals surface area (Å²) < 4.78 is 0.410. The lowest BCUT2D eigenvalue weighted by Crippen LogP contribution is -2.23. The van der Waals surface area contributed by atoms with Crippen molar-refractivity contribution in [2.24, 2.45) is 0 Å². The zero-order valence-corrected chi connectivity index (χ0v) is 10.8. The normalized spacial score (nSPS) is 12.2. The molecule has 0 radical (unpaired) electrons. The van der Waals surface area contributed by atoms with E-state index in [0.29, 0.717) is 15.7 Å². The number of aliphatic hydroxyl groups is 2. The van der Waals surface area contributed by atoms with Crippen molar-refractivity contribution in [3.63, 3.8) is 0 Å². The molecule has 1 aromatic rings. The Morgan fingerprint density at radius 1 is 1.59 bits per heavy atom. The molecule has 1 rings (SSSR count). The van der Waals surface area contributed by atoms with Gasteiger partial charge in [-0.2, -0.15) is 0 Å². The monoisotopic (exact) mass is 304 g/mol. The highest BCUT2D eigenvalue weighted by molar-refractivity contribution is 9.10. The predicted octanol–water partition coefficient (Wildman–Crippen LogP) is 1.43. The molecule has 0 spiro atoms. The van der Waals surface area contributed by atoms with E-state index in [1.54, 1.807) is 19.1 Å². The minimum atomic E-state index is -0.892. The van der Waals surface area contributed by atoms with Crippen LogP contribution in [0.1, 0.15) is 5.56 Å². The third kappa shape index (κ3) is 3.39. The first kappa shape index (κ1) is 13.9. The molecule has 1 unspecified atom stereocenters. The fourth-order valence-corrected chi connectivity index (χ4v) is 1.95. The van der Waals surface area contributed by atoms with Gasteiger partial charge in [0.25, 0.3) is 5.69 Å². The highest BCUT2D eigenvalue weighted by Crippen LogP contribution is 2.33. The predicted molar refractivity (Wildman–Crippen MR) is 67.1 cm³/mol. The molecule has 0 aliphatic rings. The SMILES string of the molecule is Cc1c(NCC(O)CO)ccc(Br)c1[N+](=O)[O-]. The lowest BCUT2D eigenvalue weighted by atomic mass is 10.1. The maximum absolute atomic E-state index is 10.8. The van der Waals surface area contributed by atoms with Crippen molar-refractivity contribution in [2.75, 3.05) is 18.5 Å². The van der Waals surface area contributed by atoms with Crippen LogP contribution in [0.25, 0.3) is 0 Å². The second-order valence-electron chi connectivity index (χ2n) is 3.54. The average molecular weight is 305 g/mol. The summed E-state index contributed by atoms with van der Waals surface area (Å²) in [7, 11) is 0. The van der Waals surface area contributed by atoms with Crippen LogP contribution in [0.5, 0.6) is 0 Å². The van der Waals surface area contributed by atoms with Crippen molar-refractivity contribution >= 4 is 27.3 Å². The van der Waals surface area contributed by atoms with E-state index in [9.17, 15) is 15.2 Å². The van der Waals surface area contributed by atoms with Gasteiger partial charge >= 0.3 is 0 Å². The number of anilines is 1. The van der Waals surface area contributed by atoms with Crippen LogP contribution < -0.4 is 5.32 Å². The number of hydrogen-bond donors (Lipinski definition) is 3. The van der Waals surface area contributed by atoms with E-state index < -0.39 is 11.0 Å². The molecule has 94 valence electrons. The van der Waals surface area contributed by atoms with Crippen molar-refractivity contribution < 1.29 is 15.1 Å². The van der Waals surface area contributed by atoms with Gasteiger partial charge in [0, 0.05) is 12.2 Å². The first-order valence-electron chi connectivity index (χ1n) is 4.93. The van der Waals surface area contributed by atoms with Gasteiger partial charge < -0.3 is 15.5 Å². The summed E-state index contributed by atoms with van der Waals surface area (Å²) in [6.45, 7) is 1.40. The van der Waals surface area contributed by atoms with Gasteiger partial charge in [0.2, 0.25) is 0 Å². The molecule has 6 nitrogen and oxygen atoms in total. The van der Waals surface area contributed by atoms with Crippen LogP contribution in [0.4, 0.5) is 11.4 Å². The topological polar surface area (TPSA) is 95.6 Å². The number of hydrogen-bond acceptors (Lipinski definition) is 5. The lowest BCUT2D eigenvalue weighted by Gasteiger charge is -2.12. The van der Waals surface area contributed by atoms with Gasteiger partial charge in [-0.05, 0) is 35.0 Å². The molecule has 0 amide bonds. The lowest BCUT2D eigenvalue weighted by molar-refractivity contribution is -0.386. The fourth-order valence-electron chi connectivity index (χ4n) is 1.38. The minimum absolute atomic E-state index is 0.00603. The van der Waals surface area contributed by atoms with E-state index in [1.165, 1.54) is 0 Å². The van der Waals surface area contributed by atoms with Gasteiger partial charge in [-0.15, -0.1) is 0 Å². The highest BCUT2D eigenvalue weighted by atomic mass is 79.9. The third-order valence-corrected chi connectivity index (χ3v) is 2.94. The summed E-state index contributed by atoms with van der Waals surface area (Å²) in [5.74, 6) is 0. The molecule has 1 atom stereocenters. The number of nitrogens with one attached hydrogen (secondary N) is 1. The van der Waals surface area contributed by atoms with Crippen LogP contribution in [0.2, 0.25) is 0 Å². The Morgan fingerprint density at radius 3 is 2.76 bits per heavy atom. The Hall–Kier alpha value is -1.18. The fraction of sp³-hybridized carbons (Fsp3) is 0.400. The Bertz CT molecular complexity index is 425. The maximum Gasteiger partial charge on any atom is 0.288 e. The molecule has 0 saturated heterocycles. The van der Waals surface area contributed by atoms with E-state index in [-0.39, 0.29) is 18.8 Å². The summed E-state index contributed by atoms with van der Waals surface area (Å²) in [6, 6.07) is 3.25. The number of aliphatic hydroxyl groups excluding tert-OH is 2. The van der Waals surface area contributed by atoms with Crippen LogP contribution in [0.3, 0.4) is 0 Å². The minimum Gasteiger partial charge on any atom is -0.394 e. The molecule has 0 aliphatic carbocycles. The van der Waals surface area contributed by atoms with Gasteiger partial charge in [-0.3, -0.25) is 10.1 Å². The molecule has 0 heterocycles. The molecule has 0 fully saturated rings. The van der Waals surface area contributed by atoms with Crippen molar-refractivity contribution in [2.45, 2.75) is 13.0 Å². The Balaban J connectivity index is 2.95. The Labute approximate surface area is 107 Å². The van der Waals surface area contributed by atoms with E-state index in [1.807, 2.05) is 0 Å². The van der Waals surface area contributed by atoms with E-state index in [2.05, 4.69) is 21.2 Å². The van der Waals surface area contributed by atoms with Crippen LogP contribution in [0, 0.1) is 17.0 Å². The van der Waals surface area contributed by atoms with Crippen LogP contribution in [-0.2, 0) is 0 Å². The average Bonchev–Trinajstić information content (AvgIpc) is 2.27. The summed E-state index contributed by atoms with van der Waals surface area (Å²) in [5.41, 5.74) is 1.04. The summed E-state index contributed by atoms with van der Waals surface area (Å²) >= 11 is 3.12. The quantitative estimate of drug-likeness (QED) is 0.565. The van der Waals surface area contributed by atoms with Crippen molar-refractivity contribution in [1.82, 2.24) is 0 Å². The summed E-state index contributed by atoms with van der Waals surface area (Å²) in [5, 5.41) is 31.5. The Kier molecular flexibility index (Phi) is 4.86. The molecular weight excluding hydrogens is 292 g/mol. The van der Waals surface area contributed by atoms with Crippen molar-refractivity contribution in [3.05, 3.63) is 32.3 Å². The molecule has 17 heavy (non-hydrogen) atoms. The van der Waals surface area contributed by atoms with Gasteiger partial charge in [-0.25, -0.2) is 0 Å². The number of rotatable bonds is 5. The van der Waals surface area contributed by atoms with Crippen molar-refractivity contribution in [1.29, 1.82) is 0 Å². The van der Waals surface area contributed by atoms with E-state index in [4.69, 9.17) is 5.11 Å². The molecular formula is C10H13BrN2O4. The molecule has 0 aliphatic heterocycles. The van der Waals surface area contributed by atoms with Crippen LogP contribution in [-0.4, -0.2) is 34.4 Å². The van der Waals surface area contributed by atoms with Gasteiger partial charge in [-0.1, -0.05) is 0 Å². The standard InChI is InChI=1S/C10H13BrN2O4/c1-6-9(12-4-7(15)5-14)3-2-8(11)10(6)13(16)17/h2-3,7,12,14-15H,4-5H2,1H3. The molecule has 0 saturated carbocycles. The number of nitrogens with zero attached hydrogens (tertiary/aromatic N) is 1. The molecule has 0 bridgehead atoms. The number of nitro groups is 1. The van der Waals surface area contributed by atoms with Gasteiger partial charge in [0.1, 0.15) is 0 Å². The number of nitro benzene ring substituents is 1. The maximum atomic E-state index is 10.8. The van der Waals surface area contributed by atoms with Crippen LogP contribution >= 0.6 is 15.9 Å². The van der Waals surface area contributed by atoms with E-state index in [0.717, 1.165) is 0 Å². The second kappa shape index (κ2) is 5.95. The molecule has 7 heteroatoms. The number of halogens is 1. The number of benzene rings is 1. The molecule has 0 aromatic heterocycles. The van der Waals surface area contributed by atoms with Crippen molar-refractivity contribution in [3.8, 4) is 0 Å². The largest absolute Gasteiger partial charge is 0.394 e. The first-order valence-corrected chi connectivity index (χ1v) is 5.73. The van der Waals surface area contributed by atoms with E-state index >= 15 is 0 Å². The molecule has 3 N–H and O–H groups in total. The smallest absolute Gasteiger partial charge is 0.288 e. The summed E-state index contributed by atoms with van der Waals surface area (Å²) in [4.78, 5) is 10.4. The van der Waals surface area contributed by atoms with Crippen LogP contribution in [0.15, 0.2) is 16.6 Å². The zero-order valence-electron chi connectivity index (χ0n) is 9.18.